The second kappa shape index (κ2) is 9.09. The van der Waals surface area contributed by atoms with E-state index < -0.39 is 11.5 Å². The number of thiazole rings is 1. The van der Waals surface area contributed by atoms with Gasteiger partial charge >= 0.3 is 0 Å². The maximum atomic E-state index is 12.1. The van der Waals surface area contributed by atoms with Gasteiger partial charge in [-0.2, -0.15) is 0 Å². The Kier molecular flexibility index (Phi) is 6.33. The number of anilines is 2. The lowest BCUT2D eigenvalue weighted by molar-refractivity contribution is -0.116. The van der Waals surface area contributed by atoms with Crippen molar-refractivity contribution in [2.45, 2.75) is 26.2 Å². The average molecular weight is 396 g/mol. The summed E-state index contributed by atoms with van der Waals surface area (Å²) >= 11 is 1.25. The fourth-order valence-electron chi connectivity index (χ4n) is 2.53. The number of amides is 2. The van der Waals surface area contributed by atoms with Crippen LogP contribution in [0.1, 0.15) is 35.0 Å². The third kappa shape index (κ3) is 5.14. The minimum atomic E-state index is -0.518. The van der Waals surface area contributed by atoms with E-state index in [4.69, 9.17) is 0 Å². The molecule has 3 aromatic rings. The highest BCUT2D eigenvalue weighted by Crippen LogP contribution is 2.17. The second-order valence-electron chi connectivity index (χ2n) is 6.11. The average Bonchev–Trinajstić information content (AvgIpc) is 3.14. The third-order valence-corrected chi connectivity index (χ3v) is 4.90. The molecule has 3 rings (SSSR count). The first-order valence-corrected chi connectivity index (χ1v) is 9.75. The number of carbonyl (C=O) groups is 2. The van der Waals surface area contributed by atoms with Gasteiger partial charge in [0.2, 0.25) is 5.91 Å². The molecule has 2 amide bonds. The maximum Gasteiger partial charge on any atom is 0.263 e. The Bertz CT molecular complexity index is 1020. The van der Waals surface area contributed by atoms with Gasteiger partial charge in [-0.25, -0.2) is 4.98 Å². The fourth-order valence-corrected chi connectivity index (χ4v) is 3.27. The zero-order chi connectivity index (χ0) is 19.9. The molecule has 0 bridgehead atoms. The number of aromatic amines is 1. The van der Waals surface area contributed by atoms with Gasteiger partial charge in [-0.3, -0.25) is 19.7 Å². The van der Waals surface area contributed by atoms with Crippen LogP contribution in [0.4, 0.5) is 10.8 Å². The number of rotatable bonds is 7. The molecule has 0 fully saturated rings. The van der Waals surface area contributed by atoms with Crippen molar-refractivity contribution in [2.24, 2.45) is 0 Å². The van der Waals surface area contributed by atoms with Crippen molar-refractivity contribution in [1.29, 1.82) is 0 Å². The summed E-state index contributed by atoms with van der Waals surface area (Å²) in [5.74, 6) is -0.616. The van der Waals surface area contributed by atoms with Crippen molar-refractivity contribution in [3.63, 3.8) is 0 Å². The molecule has 0 aliphatic carbocycles. The number of aromatic nitrogens is 2. The molecule has 0 unspecified atom stereocenters. The summed E-state index contributed by atoms with van der Waals surface area (Å²) in [6.45, 7) is 2.08. The molecule has 0 aliphatic heterocycles. The van der Waals surface area contributed by atoms with Crippen LogP contribution >= 0.6 is 11.3 Å². The number of carbonyl (C=O) groups excluding carboxylic acids is 2. The van der Waals surface area contributed by atoms with Gasteiger partial charge in [-0.1, -0.05) is 19.1 Å². The van der Waals surface area contributed by atoms with Gasteiger partial charge in [0.15, 0.2) is 5.13 Å². The first-order chi connectivity index (χ1) is 13.5. The number of hydrogen-bond acceptors (Lipinski definition) is 5. The summed E-state index contributed by atoms with van der Waals surface area (Å²) in [6.07, 6.45) is 3.15. The van der Waals surface area contributed by atoms with E-state index >= 15 is 0 Å². The SMILES string of the molecule is CCc1ccc(NC(=O)CCc2csc(NC(=O)c3ccc[nH]c3=O)n2)cc1. The minimum Gasteiger partial charge on any atom is -0.328 e. The van der Waals surface area contributed by atoms with Gasteiger partial charge in [0.1, 0.15) is 5.56 Å². The Hall–Kier alpha value is -3.26. The monoisotopic (exact) mass is 396 g/mol. The summed E-state index contributed by atoms with van der Waals surface area (Å²) in [5, 5.41) is 7.64. The minimum absolute atomic E-state index is 0.0210. The third-order valence-electron chi connectivity index (χ3n) is 4.09. The quantitative estimate of drug-likeness (QED) is 0.570. The molecule has 0 saturated heterocycles. The van der Waals surface area contributed by atoms with E-state index in [1.165, 1.54) is 29.2 Å². The van der Waals surface area contributed by atoms with Crippen molar-refractivity contribution in [2.75, 3.05) is 10.6 Å². The van der Waals surface area contributed by atoms with E-state index in [-0.39, 0.29) is 17.9 Å². The van der Waals surface area contributed by atoms with Crippen LogP contribution in [0.5, 0.6) is 0 Å². The van der Waals surface area contributed by atoms with Crippen molar-refractivity contribution < 1.29 is 9.59 Å². The van der Waals surface area contributed by atoms with Crippen molar-refractivity contribution >= 4 is 34.0 Å². The van der Waals surface area contributed by atoms with Crippen molar-refractivity contribution in [3.05, 3.63) is 75.1 Å². The first-order valence-electron chi connectivity index (χ1n) is 8.87. The Morgan fingerprint density at radius 2 is 1.93 bits per heavy atom. The number of pyridine rings is 1. The molecule has 2 heterocycles. The lowest BCUT2D eigenvalue weighted by Crippen LogP contribution is -2.22. The van der Waals surface area contributed by atoms with Gasteiger partial charge < -0.3 is 10.3 Å². The number of nitrogens with zero attached hydrogens (tertiary/aromatic N) is 1. The normalized spacial score (nSPS) is 10.5. The molecule has 0 atom stereocenters. The molecule has 0 radical (unpaired) electrons. The molecular weight excluding hydrogens is 376 g/mol. The molecule has 1 aromatic carbocycles. The van der Waals surface area contributed by atoms with E-state index in [0.717, 1.165) is 12.1 Å². The predicted octanol–water partition coefficient (Wildman–Crippen LogP) is 3.22. The van der Waals surface area contributed by atoms with Crippen LogP contribution in [0.15, 0.2) is 52.8 Å². The summed E-state index contributed by atoms with van der Waals surface area (Å²) in [5.41, 5.74) is 2.25. The highest BCUT2D eigenvalue weighted by Gasteiger charge is 2.12. The molecule has 7 nitrogen and oxygen atoms in total. The zero-order valence-electron chi connectivity index (χ0n) is 15.3. The van der Waals surface area contributed by atoms with Crippen LogP contribution in [-0.2, 0) is 17.6 Å². The molecule has 3 N–H and O–H groups in total. The van der Waals surface area contributed by atoms with E-state index in [9.17, 15) is 14.4 Å². The van der Waals surface area contributed by atoms with Gasteiger partial charge in [0.25, 0.3) is 11.5 Å². The second-order valence-corrected chi connectivity index (χ2v) is 6.97. The van der Waals surface area contributed by atoms with E-state index in [0.29, 0.717) is 17.2 Å². The number of H-pyrrole nitrogens is 1. The lowest BCUT2D eigenvalue weighted by atomic mass is 10.1. The molecule has 144 valence electrons. The molecular formula is C20H20N4O3S. The Morgan fingerprint density at radius 1 is 1.14 bits per heavy atom. The molecule has 0 aliphatic rings. The molecule has 2 aromatic heterocycles. The number of benzene rings is 1. The number of aryl methyl sites for hydroxylation is 2. The topological polar surface area (TPSA) is 104 Å². The lowest BCUT2D eigenvalue weighted by Gasteiger charge is -2.05. The van der Waals surface area contributed by atoms with Crippen LogP contribution in [0.25, 0.3) is 0 Å². The first kappa shape index (κ1) is 19.5. The van der Waals surface area contributed by atoms with Crippen molar-refractivity contribution in [1.82, 2.24) is 9.97 Å². The van der Waals surface area contributed by atoms with Crippen LogP contribution in [0.3, 0.4) is 0 Å². The smallest absolute Gasteiger partial charge is 0.263 e. The number of hydrogen-bond donors (Lipinski definition) is 3. The van der Waals surface area contributed by atoms with Crippen LogP contribution in [-0.4, -0.2) is 21.8 Å². The summed E-state index contributed by atoms with van der Waals surface area (Å²) in [4.78, 5) is 42.6. The summed E-state index contributed by atoms with van der Waals surface area (Å²) < 4.78 is 0. The summed E-state index contributed by atoms with van der Waals surface area (Å²) in [7, 11) is 0. The van der Waals surface area contributed by atoms with Gasteiger partial charge in [0, 0.05) is 23.7 Å². The molecule has 28 heavy (non-hydrogen) atoms. The molecule has 0 saturated carbocycles. The Labute approximate surface area is 165 Å². The maximum absolute atomic E-state index is 12.1. The van der Waals surface area contributed by atoms with E-state index in [1.54, 1.807) is 11.4 Å². The highest BCUT2D eigenvalue weighted by atomic mass is 32.1. The number of nitrogens with one attached hydrogen (secondary N) is 3. The summed E-state index contributed by atoms with van der Waals surface area (Å²) in [6, 6.07) is 10.8. The standard InChI is InChI=1S/C20H20N4O3S/c1-2-13-5-7-14(8-6-13)22-17(25)10-9-15-12-28-20(23-15)24-19(27)16-4-3-11-21-18(16)26/h3-8,11-12H,2,9-10H2,1H3,(H,21,26)(H,22,25)(H,23,24,27). The zero-order valence-corrected chi connectivity index (χ0v) is 16.1. The van der Waals surface area contributed by atoms with Gasteiger partial charge in [0.05, 0.1) is 5.69 Å². The van der Waals surface area contributed by atoms with E-state index in [2.05, 4.69) is 27.5 Å². The highest BCUT2D eigenvalue weighted by molar-refractivity contribution is 7.14. The fraction of sp³-hybridized carbons (Fsp3) is 0.200. The predicted molar refractivity (Wildman–Crippen MR) is 110 cm³/mol. The Morgan fingerprint density at radius 3 is 2.64 bits per heavy atom. The van der Waals surface area contributed by atoms with Gasteiger partial charge in [-0.05, 0) is 42.7 Å². The van der Waals surface area contributed by atoms with Crippen LogP contribution in [0, 0.1) is 0 Å². The van der Waals surface area contributed by atoms with Crippen molar-refractivity contribution in [3.8, 4) is 0 Å². The molecule has 0 spiro atoms. The molecule has 8 heteroatoms. The Balaban J connectivity index is 1.51. The van der Waals surface area contributed by atoms with E-state index in [1.807, 2.05) is 24.3 Å². The van der Waals surface area contributed by atoms with Crippen LogP contribution < -0.4 is 16.2 Å². The van der Waals surface area contributed by atoms with Gasteiger partial charge in [-0.15, -0.1) is 11.3 Å². The largest absolute Gasteiger partial charge is 0.328 e. The van der Waals surface area contributed by atoms with Crippen LogP contribution in [0.2, 0.25) is 0 Å².